The summed E-state index contributed by atoms with van der Waals surface area (Å²) in [7, 11) is 0. The Kier molecular flexibility index (Phi) is 4.17. The quantitative estimate of drug-likeness (QED) is 0.750. The van der Waals surface area contributed by atoms with Crippen molar-refractivity contribution in [1.29, 1.82) is 0 Å². The molecular weight excluding hydrogens is 322 g/mol. The topological polar surface area (TPSA) is 57.8 Å². The van der Waals surface area contributed by atoms with E-state index in [0.717, 1.165) is 34.6 Å². The second kappa shape index (κ2) is 6.64. The van der Waals surface area contributed by atoms with E-state index in [1.807, 2.05) is 24.3 Å². The molecule has 1 aromatic carbocycles. The fourth-order valence-corrected chi connectivity index (χ4v) is 3.44. The minimum Gasteiger partial charge on any atom is -0.358 e. The molecule has 2 N–H and O–H groups in total. The number of aryl methyl sites for hydroxylation is 2. The van der Waals surface area contributed by atoms with Crippen molar-refractivity contribution >= 4 is 18.1 Å². The number of aromatic nitrogens is 2. The van der Waals surface area contributed by atoms with Crippen molar-refractivity contribution < 1.29 is 4.79 Å². The third-order valence-electron chi connectivity index (χ3n) is 4.59. The van der Waals surface area contributed by atoms with E-state index in [1.54, 1.807) is 6.20 Å². The number of H-pyrrole nitrogens is 1. The number of hydrogen-bond acceptors (Lipinski definition) is 2. The van der Waals surface area contributed by atoms with Crippen LogP contribution in [0, 0.1) is 13.8 Å². The van der Waals surface area contributed by atoms with Gasteiger partial charge < -0.3 is 10.3 Å². The molecule has 1 aliphatic rings. The number of benzene rings is 1. The van der Waals surface area contributed by atoms with Crippen molar-refractivity contribution in [3.63, 3.8) is 0 Å². The monoisotopic (exact) mass is 343 g/mol. The molecule has 4 rings (SSSR count). The normalized spacial score (nSPS) is 13.7. The van der Waals surface area contributed by atoms with Gasteiger partial charge in [0, 0.05) is 36.1 Å². The zero-order valence-corrected chi connectivity index (χ0v) is 15.0. The number of aromatic amines is 1. The second-order valence-corrected chi connectivity index (χ2v) is 6.80. The van der Waals surface area contributed by atoms with Crippen molar-refractivity contribution in [2.45, 2.75) is 20.3 Å². The summed E-state index contributed by atoms with van der Waals surface area (Å²) in [5.74, 6) is -0.00209. The molecule has 3 aromatic rings. The molecule has 0 bridgehead atoms. The second-order valence-electron chi connectivity index (χ2n) is 6.80. The molecule has 0 atom stereocenters. The largest absolute Gasteiger partial charge is 0.358 e. The molecule has 4 heteroatoms. The third-order valence-corrected chi connectivity index (χ3v) is 4.59. The van der Waals surface area contributed by atoms with Gasteiger partial charge in [-0.1, -0.05) is 35.4 Å². The van der Waals surface area contributed by atoms with Crippen LogP contribution < -0.4 is 5.32 Å². The van der Waals surface area contributed by atoms with Gasteiger partial charge in [-0.25, -0.2) is 0 Å². The summed E-state index contributed by atoms with van der Waals surface area (Å²) in [4.78, 5) is 19.8. The Morgan fingerprint density at radius 3 is 2.62 bits per heavy atom. The van der Waals surface area contributed by atoms with Gasteiger partial charge in [-0.15, -0.1) is 0 Å². The lowest BCUT2D eigenvalue weighted by atomic mass is 10.1. The van der Waals surface area contributed by atoms with Crippen molar-refractivity contribution in [2.24, 2.45) is 0 Å². The van der Waals surface area contributed by atoms with Crippen LogP contribution in [0.25, 0.3) is 23.4 Å². The molecule has 2 aromatic heterocycles. The van der Waals surface area contributed by atoms with Crippen molar-refractivity contribution in [3.05, 3.63) is 76.2 Å². The van der Waals surface area contributed by atoms with Crippen LogP contribution in [0.5, 0.6) is 0 Å². The Balaban J connectivity index is 1.63. The lowest BCUT2D eigenvalue weighted by Crippen LogP contribution is -2.31. The summed E-state index contributed by atoms with van der Waals surface area (Å²) in [5, 5.41) is 2.88. The zero-order chi connectivity index (χ0) is 18.1. The van der Waals surface area contributed by atoms with Crippen LogP contribution in [0.1, 0.15) is 38.4 Å². The number of hydrogen-bond donors (Lipinski definition) is 2. The van der Waals surface area contributed by atoms with Crippen molar-refractivity contribution in [1.82, 2.24) is 15.3 Å². The van der Waals surface area contributed by atoms with Gasteiger partial charge in [0.2, 0.25) is 0 Å². The fourth-order valence-electron chi connectivity index (χ4n) is 3.44. The smallest absolute Gasteiger partial charge is 0.253 e. The molecule has 4 nitrogen and oxygen atoms in total. The summed E-state index contributed by atoms with van der Waals surface area (Å²) in [6.07, 6.45) is 6.74. The van der Waals surface area contributed by atoms with Gasteiger partial charge in [-0.2, -0.15) is 0 Å². The van der Waals surface area contributed by atoms with Crippen LogP contribution >= 0.6 is 0 Å². The maximum atomic E-state index is 12.0. The van der Waals surface area contributed by atoms with Crippen molar-refractivity contribution in [2.75, 3.05) is 6.54 Å². The van der Waals surface area contributed by atoms with Gasteiger partial charge in [0.25, 0.3) is 5.91 Å². The van der Waals surface area contributed by atoms with Gasteiger partial charge in [0.15, 0.2) is 0 Å². The van der Waals surface area contributed by atoms with E-state index in [9.17, 15) is 4.79 Å². The number of carbonyl (C=O) groups excluding carboxylic acids is 1. The Labute approximate surface area is 153 Å². The van der Waals surface area contributed by atoms with E-state index < -0.39 is 0 Å². The molecule has 0 spiro atoms. The van der Waals surface area contributed by atoms with Gasteiger partial charge in [-0.05, 0) is 43.7 Å². The molecular formula is C22H21N3O. The highest BCUT2D eigenvalue weighted by Gasteiger charge is 2.19. The number of pyridine rings is 1. The molecule has 0 aliphatic carbocycles. The Morgan fingerprint density at radius 1 is 1.04 bits per heavy atom. The highest BCUT2D eigenvalue weighted by Crippen LogP contribution is 2.24. The Morgan fingerprint density at radius 2 is 1.85 bits per heavy atom. The summed E-state index contributed by atoms with van der Waals surface area (Å²) in [5.41, 5.74) is 8.30. The Bertz CT molecular complexity index is 994. The molecule has 0 fully saturated rings. The maximum Gasteiger partial charge on any atom is 0.253 e. The summed E-state index contributed by atoms with van der Waals surface area (Å²) in [6, 6.07) is 12.4. The highest BCUT2D eigenvalue weighted by atomic mass is 16.1. The van der Waals surface area contributed by atoms with E-state index in [0.29, 0.717) is 6.54 Å². The molecule has 1 amide bonds. The average molecular weight is 343 g/mol. The highest BCUT2D eigenvalue weighted by molar-refractivity contribution is 5.97. The SMILES string of the molecule is Cc1cc(C)cc(/C=C/c2cc(-c3cc4c([nH]3)CCNC4=O)ccn2)c1. The van der Waals surface area contributed by atoms with E-state index in [4.69, 9.17) is 0 Å². The van der Waals surface area contributed by atoms with Crippen LogP contribution in [-0.2, 0) is 6.42 Å². The first-order valence-corrected chi connectivity index (χ1v) is 8.81. The number of fused-ring (bicyclic) bond motifs is 1. The Hall–Kier alpha value is -3.14. The molecule has 0 saturated carbocycles. The minimum atomic E-state index is -0.00209. The first kappa shape index (κ1) is 16.3. The van der Waals surface area contributed by atoms with Crippen LogP contribution in [0.4, 0.5) is 0 Å². The van der Waals surface area contributed by atoms with Crippen LogP contribution in [0.15, 0.2) is 42.6 Å². The predicted octanol–water partition coefficient (Wildman–Crippen LogP) is 4.15. The van der Waals surface area contributed by atoms with Crippen LogP contribution in [0.2, 0.25) is 0 Å². The lowest BCUT2D eigenvalue weighted by molar-refractivity contribution is 0.0946. The molecule has 0 unspecified atom stereocenters. The first-order chi connectivity index (χ1) is 12.6. The minimum absolute atomic E-state index is 0.00209. The summed E-state index contributed by atoms with van der Waals surface area (Å²) >= 11 is 0. The number of rotatable bonds is 3. The van der Waals surface area contributed by atoms with Gasteiger partial charge in [0.1, 0.15) is 0 Å². The number of carbonyl (C=O) groups is 1. The molecule has 0 saturated heterocycles. The number of nitrogens with one attached hydrogen (secondary N) is 2. The van der Waals surface area contributed by atoms with E-state index in [-0.39, 0.29) is 5.91 Å². The third kappa shape index (κ3) is 3.31. The average Bonchev–Trinajstić information content (AvgIpc) is 3.05. The lowest BCUT2D eigenvalue weighted by Gasteiger charge is -2.10. The summed E-state index contributed by atoms with van der Waals surface area (Å²) in [6.45, 7) is 4.89. The predicted molar refractivity (Wildman–Crippen MR) is 105 cm³/mol. The van der Waals surface area contributed by atoms with E-state index >= 15 is 0 Å². The molecule has 1 aliphatic heterocycles. The molecule has 26 heavy (non-hydrogen) atoms. The van der Waals surface area contributed by atoms with Crippen molar-refractivity contribution in [3.8, 4) is 11.3 Å². The number of nitrogens with zero attached hydrogens (tertiary/aromatic N) is 1. The van der Waals surface area contributed by atoms with E-state index in [1.165, 1.54) is 16.7 Å². The van der Waals surface area contributed by atoms with Crippen LogP contribution in [-0.4, -0.2) is 22.4 Å². The van der Waals surface area contributed by atoms with Crippen LogP contribution in [0.3, 0.4) is 0 Å². The number of amides is 1. The standard InChI is InChI=1S/C22H21N3O/c1-14-9-15(2)11-16(10-14)3-4-18-12-17(5-7-23-18)21-13-19-20(25-21)6-8-24-22(19)26/h3-5,7,9-13,25H,6,8H2,1-2H3,(H,24,26)/b4-3+. The molecule has 0 radical (unpaired) electrons. The molecule has 130 valence electrons. The zero-order valence-electron chi connectivity index (χ0n) is 15.0. The first-order valence-electron chi connectivity index (χ1n) is 8.81. The summed E-state index contributed by atoms with van der Waals surface area (Å²) < 4.78 is 0. The fraction of sp³-hybridized carbons (Fsp3) is 0.182. The van der Waals surface area contributed by atoms with Gasteiger partial charge in [-0.3, -0.25) is 9.78 Å². The maximum absolute atomic E-state index is 12.0. The van der Waals surface area contributed by atoms with Gasteiger partial charge >= 0.3 is 0 Å². The molecule has 3 heterocycles. The van der Waals surface area contributed by atoms with Gasteiger partial charge in [0.05, 0.1) is 11.3 Å². The van der Waals surface area contributed by atoms with E-state index in [2.05, 4.69) is 53.4 Å².